The third-order valence-electron chi connectivity index (χ3n) is 2.19. The molecule has 1 aromatic heterocycles. The van der Waals surface area contributed by atoms with Gasteiger partial charge in [0.25, 0.3) is 0 Å². The smallest absolute Gasteiger partial charge is 0.312 e. The van der Waals surface area contributed by atoms with Crippen LogP contribution < -0.4 is 4.74 Å². The first-order valence-corrected chi connectivity index (χ1v) is 5.87. The Morgan fingerprint density at radius 2 is 2.00 bits per heavy atom. The molecule has 0 saturated carbocycles. The maximum atomic E-state index is 10.9. The van der Waals surface area contributed by atoms with E-state index in [4.69, 9.17) is 27.9 Å². The number of halogens is 2. The average molecular weight is 300 g/mol. The second-order valence-corrected chi connectivity index (χ2v) is 4.28. The van der Waals surface area contributed by atoms with Crippen molar-refractivity contribution in [1.82, 2.24) is 10.2 Å². The summed E-state index contributed by atoms with van der Waals surface area (Å²) in [5.74, 6) is 0.00548. The second-order valence-electron chi connectivity index (χ2n) is 3.48. The Bertz CT molecular complexity index is 605. The van der Waals surface area contributed by atoms with Crippen LogP contribution in [0.1, 0.15) is 5.69 Å². The monoisotopic (exact) mass is 299 g/mol. The minimum absolute atomic E-state index is 0.00548. The largest absolute Gasteiger partial charge is 0.479 e. The Morgan fingerprint density at radius 3 is 2.63 bits per heavy atom. The van der Waals surface area contributed by atoms with Gasteiger partial charge in [-0.2, -0.15) is 5.10 Å². The van der Waals surface area contributed by atoms with Crippen molar-refractivity contribution in [3.8, 4) is 5.75 Å². The minimum atomic E-state index is -0.561. The van der Waals surface area contributed by atoms with Gasteiger partial charge in [-0.15, -0.1) is 5.10 Å². The normalized spacial score (nSPS) is 10.2. The highest BCUT2D eigenvalue weighted by Gasteiger charge is 2.18. The number of nitrogens with zero attached hydrogens (tertiary/aromatic N) is 3. The van der Waals surface area contributed by atoms with Gasteiger partial charge in [-0.25, -0.2) is 0 Å². The molecule has 19 heavy (non-hydrogen) atoms. The zero-order valence-electron chi connectivity index (χ0n) is 9.42. The molecule has 1 aromatic carbocycles. The molecule has 0 radical (unpaired) electrons. The van der Waals surface area contributed by atoms with Crippen molar-refractivity contribution >= 4 is 28.9 Å². The van der Waals surface area contributed by atoms with Crippen molar-refractivity contribution < 1.29 is 9.66 Å². The van der Waals surface area contributed by atoms with E-state index in [0.717, 1.165) is 0 Å². The third kappa shape index (κ3) is 3.30. The number of hydrogen-bond donors (Lipinski definition) is 0. The molecule has 0 N–H and O–H groups in total. The number of ether oxygens (including phenoxy) is 1. The number of para-hydroxylation sites is 1. The van der Waals surface area contributed by atoms with Crippen LogP contribution in [0.5, 0.6) is 5.75 Å². The molecule has 0 aliphatic heterocycles. The maximum absolute atomic E-state index is 10.9. The molecule has 2 rings (SSSR count). The van der Waals surface area contributed by atoms with E-state index >= 15 is 0 Å². The Hall–Kier alpha value is -1.92. The molecule has 0 amide bonds. The van der Waals surface area contributed by atoms with Crippen molar-refractivity contribution in [2.45, 2.75) is 6.61 Å². The molecule has 6 nitrogen and oxygen atoms in total. The lowest BCUT2D eigenvalue weighted by molar-refractivity contribution is -0.385. The molecule has 2 aromatic rings. The summed E-state index contributed by atoms with van der Waals surface area (Å²) in [6.45, 7) is 0.00867. The fourth-order valence-corrected chi connectivity index (χ4v) is 1.68. The van der Waals surface area contributed by atoms with Crippen molar-refractivity contribution in [2.75, 3.05) is 0 Å². The van der Waals surface area contributed by atoms with E-state index in [1.165, 1.54) is 18.2 Å². The highest BCUT2D eigenvalue weighted by molar-refractivity contribution is 6.32. The molecule has 0 aliphatic carbocycles. The van der Waals surface area contributed by atoms with Crippen molar-refractivity contribution in [3.05, 3.63) is 56.3 Å². The van der Waals surface area contributed by atoms with E-state index in [2.05, 4.69) is 10.2 Å². The van der Waals surface area contributed by atoms with E-state index in [1.807, 2.05) is 0 Å². The molecule has 0 saturated heterocycles. The standard InChI is InChI=1S/C11H7Cl2N3O3/c12-8-2-1-3-9(16(17)18)11(8)19-6-7-4-5-10(13)15-14-7/h1-5H,6H2. The summed E-state index contributed by atoms with van der Waals surface area (Å²) < 4.78 is 5.34. The van der Waals surface area contributed by atoms with Crippen LogP contribution in [0.3, 0.4) is 0 Å². The van der Waals surface area contributed by atoms with E-state index in [1.54, 1.807) is 12.1 Å². The van der Waals surface area contributed by atoms with Crippen LogP contribution >= 0.6 is 23.2 Å². The fraction of sp³-hybridized carbons (Fsp3) is 0.0909. The number of aromatic nitrogens is 2. The van der Waals surface area contributed by atoms with E-state index in [0.29, 0.717) is 5.69 Å². The maximum Gasteiger partial charge on any atom is 0.312 e. The van der Waals surface area contributed by atoms with E-state index in [-0.39, 0.29) is 28.2 Å². The lowest BCUT2D eigenvalue weighted by Gasteiger charge is -2.07. The predicted molar refractivity (Wildman–Crippen MR) is 69.5 cm³/mol. The van der Waals surface area contributed by atoms with Gasteiger partial charge in [0.15, 0.2) is 5.15 Å². The second kappa shape index (κ2) is 5.81. The Morgan fingerprint density at radius 1 is 1.21 bits per heavy atom. The average Bonchev–Trinajstić information content (AvgIpc) is 2.39. The Labute approximate surface area is 118 Å². The zero-order chi connectivity index (χ0) is 13.8. The molecular formula is C11H7Cl2N3O3. The predicted octanol–water partition coefficient (Wildman–Crippen LogP) is 3.27. The van der Waals surface area contributed by atoms with Crippen LogP contribution in [0.2, 0.25) is 10.2 Å². The third-order valence-corrected chi connectivity index (χ3v) is 2.69. The van der Waals surface area contributed by atoms with Gasteiger partial charge < -0.3 is 4.74 Å². The highest BCUT2D eigenvalue weighted by atomic mass is 35.5. The SMILES string of the molecule is O=[N+]([O-])c1cccc(Cl)c1OCc1ccc(Cl)nn1. The number of rotatable bonds is 4. The van der Waals surface area contributed by atoms with Crippen LogP contribution in [0, 0.1) is 10.1 Å². The summed E-state index contributed by atoms with van der Waals surface area (Å²) in [5, 5.41) is 18.7. The van der Waals surface area contributed by atoms with Crippen LogP contribution in [-0.4, -0.2) is 15.1 Å². The van der Waals surface area contributed by atoms with Crippen LogP contribution in [0.15, 0.2) is 30.3 Å². The lowest BCUT2D eigenvalue weighted by atomic mass is 10.3. The van der Waals surface area contributed by atoms with Gasteiger partial charge in [-0.3, -0.25) is 10.1 Å². The molecule has 1 heterocycles. The molecule has 98 valence electrons. The molecule has 0 bridgehead atoms. The summed E-state index contributed by atoms with van der Waals surface area (Å²) in [7, 11) is 0. The van der Waals surface area contributed by atoms with Gasteiger partial charge in [0.05, 0.1) is 9.95 Å². The van der Waals surface area contributed by atoms with Crippen molar-refractivity contribution in [3.63, 3.8) is 0 Å². The Balaban J connectivity index is 2.19. The summed E-state index contributed by atoms with van der Waals surface area (Å²) in [6.07, 6.45) is 0. The molecule has 0 aliphatic rings. The first kappa shape index (κ1) is 13.5. The number of nitro groups is 1. The Kier molecular flexibility index (Phi) is 4.13. The van der Waals surface area contributed by atoms with Crippen LogP contribution in [-0.2, 0) is 6.61 Å². The summed E-state index contributed by atoms with van der Waals surface area (Å²) in [5.41, 5.74) is 0.285. The van der Waals surface area contributed by atoms with Crippen LogP contribution in [0.4, 0.5) is 5.69 Å². The van der Waals surface area contributed by atoms with E-state index < -0.39 is 4.92 Å². The molecule has 0 atom stereocenters. The minimum Gasteiger partial charge on any atom is -0.479 e. The lowest BCUT2D eigenvalue weighted by Crippen LogP contribution is -2.02. The van der Waals surface area contributed by atoms with Crippen LogP contribution in [0.25, 0.3) is 0 Å². The van der Waals surface area contributed by atoms with Crippen molar-refractivity contribution in [1.29, 1.82) is 0 Å². The number of benzene rings is 1. The van der Waals surface area contributed by atoms with Gasteiger partial charge in [0, 0.05) is 6.07 Å². The van der Waals surface area contributed by atoms with Gasteiger partial charge in [-0.1, -0.05) is 29.3 Å². The van der Waals surface area contributed by atoms with E-state index in [9.17, 15) is 10.1 Å². The zero-order valence-corrected chi connectivity index (χ0v) is 10.9. The summed E-state index contributed by atoms with van der Waals surface area (Å²) >= 11 is 11.5. The molecular weight excluding hydrogens is 293 g/mol. The first-order chi connectivity index (χ1) is 9.08. The molecule has 0 fully saturated rings. The number of nitro benzene ring substituents is 1. The summed E-state index contributed by atoms with van der Waals surface area (Å²) in [4.78, 5) is 10.3. The number of hydrogen-bond acceptors (Lipinski definition) is 5. The molecule has 8 heteroatoms. The first-order valence-electron chi connectivity index (χ1n) is 5.11. The highest BCUT2D eigenvalue weighted by Crippen LogP contribution is 2.34. The van der Waals surface area contributed by atoms with Gasteiger partial charge in [-0.05, 0) is 18.2 Å². The molecule has 0 spiro atoms. The van der Waals surface area contributed by atoms with Gasteiger partial charge in [0.2, 0.25) is 5.75 Å². The van der Waals surface area contributed by atoms with Crippen molar-refractivity contribution in [2.24, 2.45) is 0 Å². The quantitative estimate of drug-likeness (QED) is 0.639. The van der Waals surface area contributed by atoms with Gasteiger partial charge in [0.1, 0.15) is 12.3 Å². The summed E-state index contributed by atoms with van der Waals surface area (Å²) in [6, 6.07) is 7.47. The fourth-order valence-electron chi connectivity index (χ4n) is 1.35. The van der Waals surface area contributed by atoms with Gasteiger partial charge >= 0.3 is 5.69 Å². The molecule has 0 unspecified atom stereocenters. The topological polar surface area (TPSA) is 78.2 Å².